The number of carbonyl (C=O) groups is 2. The molecule has 2 heterocycles. The first-order valence-corrected chi connectivity index (χ1v) is 8.74. The molecule has 5 heteroatoms. The molecule has 2 fully saturated rings. The van der Waals surface area contributed by atoms with Crippen LogP contribution in [0.4, 0.5) is 0 Å². The Morgan fingerprint density at radius 1 is 1.00 bits per heavy atom. The molecule has 1 aromatic rings. The number of pyridine rings is 1. The zero-order valence-corrected chi connectivity index (χ0v) is 13.5. The van der Waals surface area contributed by atoms with Gasteiger partial charge in [0.15, 0.2) is 0 Å². The van der Waals surface area contributed by atoms with E-state index in [2.05, 4.69) is 10.3 Å². The van der Waals surface area contributed by atoms with Gasteiger partial charge in [0.25, 0.3) is 5.91 Å². The van der Waals surface area contributed by atoms with Crippen LogP contribution in [0.1, 0.15) is 55.3 Å². The lowest BCUT2D eigenvalue weighted by atomic mass is 9.87. The van der Waals surface area contributed by atoms with Crippen LogP contribution < -0.4 is 5.32 Å². The Morgan fingerprint density at radius 2 is 1.65 bits per heavy atom. The summed E-state index contributed by atoms with van der Waals surface area (Å²) in [5, 5.41) is 3.07. The first-order chi connectivity index (χ1) is 11.2. The van der Waals surface area contributed by atoms with E-state index in [0.717, 1.165) is 38.8 Å². The highest BCUT2D eigenvalue weighted by Gasteiger charge is 2.29. The Labute approximate surface area is 137 Å². The summed E-state index contributed by atoms with van der Waals surface area (Å²) < 4.78 is 0. The van der Waals surface area contributed by atoms with Gasteiger partial charge in [0, 0.05) is 43.0 Å². The average Bonchev–Trinajstić information content (AvgIpc) is 2.63. The topological polar surface area (TPSA) is 62.3 Å². The van der Waals surface area contributed by atoms with Gasteiger partial charge in [-0.15, -0.1) is 0 Å². The van der Waals surface area contributed by atoms with Gasteiger partial charge in [-0.1, -0.05) is 19.3 Å². The number of piperidine rings is 1. The molecule has 0 unspecified atom stereocenters. The number of aromatic nitrogens is 1. The number of hydrogen-bond donors (Lipinski definition) is 1. The molecule has 1 saturated heterocycles. The molecule has 5 nitrogen and oxygen atoms in total. The maximum absolute atomic E-state index is 12.5. The third-order valence-electron chi connectivity index (χ3n) is 5.04. The molecule has 0 radical (unpaired) electrons. The lowest BCUT2D eigenvalue weighted by Crippen LogP contribution is -2.48. The minimum atomic E-state index is -0.0514. The maximum atomic E-state index is 12.5. The van der Waals surface area contributed by atoms with Crippen molar-refractivity contribution in [1.29, 1.82) is 0 Å². The van der Waals surface area contributed by atoms with E-state index in [1.165, 1.54) is 19.3 Å². The smallest absolute Gasteiger partial charge is 0.251 e. The van der Waals surface area contributed by atoms with Crippen molar-refractivity contribution in [2.45, 2.75) is 51.0 Å². The second-order valence-corrected chi connectivity index (χ2v) is 6.64. The second kappa shape index (κ2) is 7.57. The van der Waals surface area contributed by atoms with Crippen LogP contribution in [0.2, 0.25) is 0 Å². The van der Waals surface area contributed by atoms with Crippen molar-refractivity contribution < 1.29 is 9.59 Å². The average molecular weight is 315 g/mol. The lowest BCUT2D eigenvalue weighted by molar-refractivity contribution is -0.137. The fourth-order valence-corrected chi connectivity index (χ4v) is 3.62. The normalized spacial score (nSPS) is 20.3. The summed E-state index contributed by atoms with van der Waals surface area (Å²) in [6.45, 7) is 1.52. The Balaban J connectivity index is 1.46. The predicted octanol–water partition coefficient (Wildman–Crippen LogP) is 2.38. The summed E-state index contributed by atoms with van der Waals surface area (Å²) in [5.74, 6) is 0.528. The number of hydrogen-bond acceptors (Lipinski definition) is 3. The molecule has 0 atom stereocenters. The lowest BCUT2D eigenvalue weighted by Gasteiger charge is -2.35. The van der Waals surface area contributed by atoms with E-state index in [0.29, 0.717) is 11.5 Å². The highest BCUT2D eigenvalue weighted by atomic mass is 16.2. The van der Waals surface area contributed by atoms with E-state index in [-0.39, 0.29) is 17.9 Å². The fourth-order valence-electron chi connectivity index (χ4n) is 3.62. The zero-order valence-electron chi connectivity index (χ0n) is 13.5. The number of likely N-dealkylation sites (tertiary alicyclic amines) is 1. The molecule has 0 spiro atoms. The van der Waals surface area contributed by atoms with Gasteiger partial charge in [-0.3, -0.25) is 14.6 Å². The number of amides is 2. The van der Waals surface area contributed by atoms with E-state index in [1.807, 2.05) is 4.90 Å². The van der Waals surface area contributed by atoms with Crippen LogP contribution in [0.15, 0.2) is 24.5 Å². The molecule has 1 N–H and O–H groups in total. The molecule has 0 bridgehead atoms. The van der Waals surface area contributed by atoms with Crippen LogP contribution in [-0.2, 0) is 4.79 Å². The largest absolute Gasteiger partial charge is 0.349 e. The number of nitrogens with one attached hydrogen (secondary N) is 1. The van der Waals surface area contributed by atoms with Crippen molar-refractivity contribution >= 4 is 11.8 Å². The highest BCUT2D eigenvalue weighted by Crippen LogP contribution is 2.26. The minimum Gasteiger partial charge on any atom is -0.349 e. The quantitative estimate of drug-likeness (QED) is 0.931. The summed E-state index contributed by atoms with van der Waals surface area (Å²) >= 11 is 0. The summed E-state index contributed by atoms with van der Waals surface area (Å²) in [6, 6.07) is 3.60. The van der Waals surface area contributed by atoms with Gasteiger partial charge in [-0.25, -0.2) is 0 Å². The molecule has 23 heavy (non-hydrogen) atoms. The van der Waals surface area contributed by atoms with E-state index < -0.39 is 0 Å². The van der Waals surface area contributed by atoms with Crippen LogP contribution >= 0.6 is 0 Å². The molecule has 0 aromatic carbocycles. The molecule has 1 aliphatic carbocycles. The van der Waals surface area contributed by atoms with Gasteiger partial charge in [0.1, 0.15) is 0 Å². The van der Waals surface area contributed by atoms with E-state index in [9.17, 15) is 9.59 Å². The van der Waals surface area contributed by atoms with Crippen molar-refractivity contribution in [1.82, 2.24) is 15.2 Å². The number of rotatable bonds is 3. The molecule has 3 rings (SSSR count). The maximum Gasteiger partial charge on any atom is 0.251 e. The third-order valence-corrected chi connectivity index (χ3v) is 5.04. The summed E-state index contributed by atoms with van der Waals surface area (Å²) in [7, 11) is 0. The van der Waals surface area contributed by atoms with Gasteiger partial charge >= 0.3 is 0 Å². The first kappa shape index (κ1) is 16.0. The van der Waals surface area contributed by atoms with Gasteiger partial charge in [0.05, 0.1) is 0 Å². The molecule has 2 amide bonds. The first-order valence-electron chi connectivity index (χ1n) is 8.74. The standard InChI is InChI=1S/C18H25N3O2/c22-17(14-6-10-19-11-7-14)20-16-8-12-21(13-9-16)18(23)15-4-2-1-3-5-15/h6-7,10-11,15-16H,1-5,8-9,12-13H2,(H,20,22). The van der Waals surface area contributed by atoms with E-state index in [1.54, 1.807) is 24.5 Å². The van der Waals surface area contributed by atoms with Crippen molar-refractivity contribution in [2.75, 3.05) is 13.1 Å². The Kier molecular flexibility index (Phi) is 5.26. The molecule has 1 aliphatic heterocycles. The van der Waals surface area contributed by atoms with Crippen molar-refractivity contribution in [2.24, 2.45) is 5.92 Å². The molecular weight excluding hydrogens is 290 g/mol. The molecule has 1 aromatic heterocycles. The van der Waals surface area contributed by atoms with Crippen molar-refractivity contribution in [3.8, 4) is 0 Å². The fraction of sp³-hybridized carbons (Fsp3) is 0.611. The molecule has 2 aliphatic rings. The third kappa shape index (κ3) is 4.09. The predicted molar refractivity (Wildman–Crippen MR) is 87.9 cm³/mol. The summed E-state index contributed by atoms with van der Waals surface area (Å²) in [5.41, 5.74) is 0.640. The highest BCUT2D eigenvalue weighted by molar-refractivity contribution is 5.94. The van der Waals surface area contributed by atoms with E-state index >= 15 is 0 Å². The van der Waals surface area contributed by atoms with Gasteiger partial charge in [-0.2, -0.15) is 0 Å². The SMILES string of the molecule is O=C(NC1CCN(C(=O)C2CCCCC2)CC1)c1ccncc1. The molecule has 1 saturated carbocycles. The van der Waals surface area contributed by atoms with Gasteiger partial charge in [-0.05, 0) is 37.8 Å². The monoisotopic (exact) mass is 315 g/mol. The Morgan fingerprint density at radius 3 is 2.30 bits per heavy atom. The van der Waals surface area contributed by atoms with Crippen LogP contribution in [-0.4, -0.2) is 40.8 Å². The number of nitrogens with zero attached hydrogens (tertiary/aromatic N) is 2. The van der Waals surface area contributed by atoms with E-state index in [4.69, 9.17) is 0 Å². The van der Waals surface area contributed by atoms with Crippen molar-refractivity contribution in [3.63, 3.8) is 0 Å². The minimum absolute atomic E-state index is 0.0514. The summed E-state index contributed by atoms with van der Waals surface area (Å²) in [4.78, 5) is 30.6. The number of carbonyl (C=O) groups excluding carboxylic acids is 2. The Hall–Kier alpha value is -1.91. The van der Waals surface area contributed by atoms with Crippen LogP contribution in [0.25, 0.3) is 0 Å². The van der Waals surface area contributed by atoms with Crippen LogP contribution in [0.5, 0.6) is 0 Å². The Bertz CT molecular complexity index is 532. The zero-order chi connectivity index (χ0) is 16.1. The van der Waals surface area contributed by atoms with Crippen LogP contribution in [0.3, 0.4) is 0 Å². The molecule has 124 valence electrons. The van der Waals surface area contributed by atoms with Crippen molar-refractivity contribution in [3.05, 3.63) is 30.1 Å². The summed E-state index contributed by atoms with van der Waals surface area (Å²) in [6.07, 6.45) is 10.7. The van der Waals surface area contributed by atoms with Gasteiger partial charge < -0.3 is 10.2 Å². The van der Waals surface area contributed by atoms with Gasteiger partial charge in [0.2, 0.25) is 5.91 Å². The second-order valence-electron chi connectivity index (χ2n) is 6.64. The molecular formula is C18H25N3O2. The van der Waals surface area contributed by atoms with Crippen LogP contribution in [0, 0.1) is 5.92 Å².